The zero-order valence-electron chi connectivity index (χ0n) is 11.9. The van der Waals surface area contributed by atoms with Crippen LogP contribution in [-0.4, -0.2) is 9.78 Å². The Morgan fingerprint density at radius 3 is 2.60 bits per heavy atom. The van der Waals surface area contributed by atoms with Gasteiger partial charge in [-0.15, -0.1) is 0 Å². The van der Waals surface area contributed by atoms with Gasteiger partial charge in [-0.05, 0) is 24.1 Å². The van der Waals surface area contributed by atoms with Crippen LogP contribution in [0.15, 0.2) is 48.5 Å². The van der Waals surface area contributed by atoms with E-state index in [9.17, 15) is 0 Å². The van der Waals surface area contributed by atoms with E-state index in [4.69, 9.17) is 5.73 Å². The number of benzene rings is 2. The van der Waals surface area contributed by atoms with Crippen LogP contribution in [0, 0.1) is 6.92 Å². The average Bonchev–Trinajstić information content (AvgIpc) is 2.76. The van der Waals surface area contributed by atoms with Crippen molar-refractivity contribution in [1.82, 2.24) is 9.78 Å². The Balaban J connectivity index is 1.96. The largest absolute Gasteiger partial charge is 0.324 e. The first-order chi connectivity index (χ1) is 9.66. The molecule has 102 valence electrons. The molecule has 0 saturated carbocycles. The molecular formula is C17H19N3. The van der Waals surface area contributed by atoms with Crippen LogP contribution < -0.4 is 5.73 Å². The molecule has 1 heterocycles. The summed E-state index contributed by atoms with van der Waals surface area (Å²) in [5, 5.41) is 5.82. The second kappa shape index (κ2) is 5.10. The SMILES string of the molecule is Cc1ccccc1C(N)Cc1nn(C)c2ccccc12. The molecule has 1 unspecified atom stereocenters. The predicted octanol–water partition coefficient (Wildman–Crippen LogP) is 3.12. The zero-order chi connectivity index (χ0) is 14.1. The van der Waals surface area contributed by atoms with Crippen molar-refractivity contribution in [1.29, 1.82) is 0 Å². The molecule has 0 radical (unpaired) electrons. The number of nitrogens with zero attached hydrogens (tertiary/aromatic N) is 2. The molecule has 0 aliphatic carbocycles. The maximum Gasteiger partial charge on any atom is 0.0722 e. The summed E-state index contributed by atoms with van der Waals surface area (Å²) in [5.74, 6) is 0. The summed E-state index contributed by atoms with van der Waals surface area (Å²) in [4.78, 5) is 0. The first-order valence-electron chi connectivity index (χ1n) is 6.88. The van der Waals surface area contributed by atoms with Gasteiger partial charge in [-0.25, -0.2) is 0 Å². The fourth-order valence-electron chi connectivity index (χ4n) is 2.76. The lowest BCUT2D eigenvalue weighted by molar-refractivity contribution is 0.679. The highest BCUT2D eigenvalue weighted by molar-refractivity contribution is 5.81. The van der Waals surface area contributed by atoms with E-state index < -0.39 is 0 Å². The Morgan fingerprint density at radius 1 is 1.10 bits per heavy atom. The quantitative estimate of drug-likeness (QED) is 0.790. The number of nitrogens with two attached hydrogens (primary N) is 1. The van der Waals surface area contributed by atoms with E-state index in [0.717, 1.165) is 17.6 Å². The smallest absolute Gasteiger partial charge is 0.0722 e. The fourth-order valence-corrected chi connectivity index (χ4v) is 2.76. The van der Waals surface area contributed by atoms with E-state index in [2.05, 4.69) is 36.3 Å². The van der Waals surface area contributed by atoms with Crippen LogP contribution >= 0.6 is 0 Å². The van der Waals surface area contributed by atoms with Crippen molar-refractivity contribution >= 4 is 10.9 Å². The van der Waals surface area contributed by atoms with Gasteiger partial charge in [0.05, 0.1) is 11.2 Å². The number of aryl methyl sites for hydroxylation is 2. The molecule has 0 aliphatic heterocycles. The van der Waals surface area contributed by atoms with Gasteiger partial charge in [-0.1, -0.05) is 42.5 Å². The Hall–Kier alpha value is -2.13. The van der Waals surface area contributed by atoms with Gasteiger partial charge in [0, 0.05) is 24.9 Å². The molecule has 3 rings (SSSR count). The second-order valence-corrected chi connectivity index (χ2v) is 5.25. The Labute approximate surface area is 119 Å². The maximum absolute atomic E-state index is 6.38. The zero-order valence-corrected chi connectivity index (χ0v) is 11.9. The van der Waals surface area contributed by atoms with Crippen molar-refractivity contribution in [3.8, 4) is 0 Å². The Kier molecular flexibility index (Phi) is 3.28. The molecule has 0 aliphatic rings. The van der Waals surface area contributed by atoms with Crippen LogP contribution in [0.4, 0.5) is 0 Å². The van der Waals surface area contributed by atoms with Gasteiger partial charge in [-0.2, -0.15) is 5.10 Å². The molecule has 0 bridgehead atoms. The molecule has 2 N–H and O–H groups in total. The van der Waals surface area contributed by atoms with Crippen molar-refractivity contribution in [2.24, 2.45) is 12.8 Å². The highest BCUT2D eigenvalue weighted by Crippen LogP contribution is 2.24. The molecule has 0 fully saturated rings. The minimum Gasteiger partial charge on any atom is -0.324 e. The second-order valence-electron chi connectivity index (χ2n) is 5.25. The van der Waals surface area contributed by atoms with Crippen LogP contribution in [-0.2, 0) is 13.5 Å². The van der Waals surface area contributed by atoms with Crippen LogP contribution in [0.2, 0.25) is 0 Å². The first-order valence-corrected chi connectivity index (χ1v) is 6.88. The molecule has 0 saturated heterocycles. The summed E-state index contributed by atoms with van der Waals surface area (Å²) >= 11 is 0. The molecule has 0 amide bonds. The summed E-state index contributed by atoms with van der Waals surface area (Å²) in [6.45, 7) is 2.10. The number of rotatable bonds is 3. The van der Waals surface area contributed by atoms with E-state index in [0.29, 0.717) is 0 Å². The number of aromatic nitrogens is 2. The van der Waals surface area contributed by atoms with E-state index in [1.54, 1.807) is 0 Å². The Morgan fingerprint density at radius 2 is 1.80 bits per heavy atom. The molecule has 2 aromatic carbocycles. The standard InChI is InChI=1S/C17H19N3/c1-12-7-3-4-8-13(12)15(18)11-16-14-9-5-6-10-17(14)20(2)19-16/h3-10,15H,11,18H2,1-2H3. The third-order valence-corrected chi connectivity index (χ3v) is 3.84. The van der Waals surface area contributed by atoms with Crippen molar-refractivity contribution in [2.45, 2.75) is 19.4 Å². The molecule has 3 nitrogen and oxygen atoms in total. The third kappa shape index (κ3) is 2.21. The van der Waals surface area contributed by atoms with Crippen molar-refractivity contribution in [2.75, 3.05) is 0 Å². The van der Waals surface area contributed by atoms with Gasteiger partial charge in [-0.3, -0.25) is 4.68 Å². The number of hydrogen-bond donors (Lipinski definition) is 1. The van der Waals surface area contributed by atoms with Gasteiger partial charge in [0.1, 0.15) is 0 Å². The van der Waals surface area contributed by atoms with E-state index in [1.807, 2.05) is 36.0 Å². The summed E-state index contributed by atoms with van der Waals surface area (Å²) in [7, 11) is 1.98. The number of para-hydroxylation sites is 1. The summed E-state index contributed by atoms with van der Waals surface area (Å²) in [5.41, 5.74) is 11.0. The molecule has 1 aromatic heterocycles. The highest BCUT2D eigenvalue weighted by atomic mass is 15.3. The maximum atomic E-state index is 6.38. The summed E-state index contributed by atoms with van der Waals surface area (Å²) < 4.78 is 1.93. The van der Waals surface area contributed by atoms with Crippen molar-refractivity contribution < 1.29 is 0 Å². The summed E-state index contributed by atoms with van der Waals surface area (Å²) in [6, 6.07) is 16.6. The van der Waals surface area contributed by atoms with E-state index in [-0.39, 0.29) is 6.04 Å². The highest BCUT2D eigenvalue weighted by Gasteiger charge is 2.14. The van der Waals surface area contributed by atoms with E-state index in [1.165, 1.54) is 16.5 Å². The lowest BCUT2D eigenvalue weighted by Crippen LogP contribution is -2.15. The van der Waals surface area contributed by atoms with Crippen LogP contribution in [0.3, 0.4) is 0 Å². The van der Waals surface area contributed by atoms with Gasteiger partial charge >= 0.3 is 0 Å². The minimum atomic E-state index is -0.0190. The van der Waals surface area contributed by atoms with Crippen molar-refractivity contribution in [3.63, 3.8) is 0 Å². The molecular weight excluding hydrogens is 246 g/mol. The average molecular weight is 265 g/mol. The number of fused-ring (bicyclic) bond motifs is 1. The number of hydrogen-bond acceptors (Lipinski definition) is 2. The molecule has 20 heavy (non-hydrogen) atoms. The monoisotopic (exact) mass is 265 g/mol. The van der Waals surface area contributed by atoms with Crippen LogP contribution in [0.5, 0.6) is 0 Å². The third-order valence-electron chi connectivity index (χ3n) is 3.84. The van der Waals surface area contributed by atoms with E-state index >= 15 is 0 Å². The molecule has 0 spiro atoms. The Bertz CT molecular complexity index is 743. The lowest BCUT2D eigenvalue weighted by atomic mass is 9.97. The van der Waals surface area contributed by atoms with Gasteiger partial charge < -0.3 is 5.73 Å². The summed E-state index contributed by atoms with van der Waals surface area (Å²) in [6.07, 6.45) is 0.756. The molecule has 3 heteroatoms. The van der Waals surface area contributed by atoms with Crippen molar-refractivity contribution in [3.05, 3.63) is 65.4 Å². The fraction of sp³-hybridized carbons (Fsp3) is 0.235. The van der Waals surface area contributed by atoms with Gasteiger partial charge in [0.15, 0.2) is 0 Å². The van der Waals surface area contributed by atoms with Gasteiger partial charge in [0.25, 0.3) is 0 Å². The van der Waals surface area contributed by atoms with Crippen LogP contribution in [0.1, 0.15) is 22.9 Å². The van der Waals surface area contributed by atoms with Crippen LogP contribution in [0.25, 0.3) is 10.9 Å². The molecule has 3 aromatic rings. The predicted molar refractivity (Wildman–Crippen MR) is 82.5 cm³/mol. The lowest BCUT2D eigenvalue weighted by Gasteiger charge is -2.13. The first kappa shape index (κ1) is 12.9. The van der Waals surface area contributed by atoms with Gasteiger partial charge in [0.2, 0.25) is 0 Å². The molecule has 1 atom stereocenters. The topological polar surface area (TPSA) is 43.8 Å². The minimum absolute atomic E-state index is 0.0190. The normalized spacial score (nSPS) is 12.8.